The van der Waals surface area contributed by atoms with Gasteiger partial charge in [0.15, 0.2) is 0 Å². The lowest BCUT2D eigenvalue weighted by atomic mass is 9.86. The molecule has 0 aromatic heterocycles. The number of carbonyl (C=O) groups excluding carboxylic acids is 1. The van der Waals surface area contributed by atoms with Crippen LogP contribution in [0.3, 0.4) is 0 Å². The van der Waals surface area contributed by atoms with Crippen molar-refractivity contribution in [2.24, 2.45) is 11.8 Å². The van der Waals surface area contributed by atoms with Crippen molar-refractivity contribution in [3.05, 3.63) is 0 Å². The number of hydrogen-bond acceptors (Lipinski definition) is 4. The molecule has 0 aromatic rings. The van der Waals surface area contributed by atoms with Gasteiger partial charge in [0.2, 0.25) is 5.91 Å². The molecule has 5 heteroatoms. The molecule has 1 saturated carbocycles. The average molecular weight is 351 g/mol. The predicted octanol–water partition coefficient (Wildman–Crippen LogP) is 2.83. The Balaban J connectivity index is 0.000000567. The van der Waals surface area contributed by atoms with Crippen molar-refractivity contribution in [1.29, 1.82) is 5.26 Å². The first-order valence-electron chi connectivity index (χ1n) is 10.1. The zero-order valence-electron chi connectivity index (χ0n) is 17.0. The molecule has 2 heterocycles. The van der Waals surface area contributed by atoms with Crippen LogP contribution in [0.15, 0.2) is 0 Å². The zero-order chi connectivity index (χ0) is 18.8. The van der Waals surface area contributed by atoms with Gasteiger partial charge in [-0.3, -0.25) is 9.69 Å². The van der Waals surface area contributed by atoms with Gasteiger partial charge in [0, 0.05) is 52.2 Å². The number of likely N-dealkylation sites (tertiary alicyclic amines) is 1. The summed E-state index contributed by atoms with van der Waals surface area (Å²) in [6.45, 7) is 13.8. The second-order valence-electron chi connectivity index (χ2n) is 7.42. The van der Waals surface area contributed by atoms with Crippen molar-refractivity contribution in [1.82, 2.24) is 14.7 Å². The van der Waals surface area contributed by atoms with E-state index in [1.165, 1.54) is 32.6 Å². The van der Waals surface area contributed by atoms with E-state index >= 15 is 0 Å². The molecule has 1 amide bonds. The van der Waals surface area contributed by atoms with Crippen LogP contribution in [0.4, 0.5) is 0 Å². The Morgan fingerprint density at radius 3 is 1.92 bits per heavy atom. The van der Waals surface area contributed by atoms with E-state index in [2.05, 4.69) is 28.7 Å². The largest absolute Gasteiger partial charge is 0.340 e. The highest BCUT2D eigenvalue weighted by Crippen LogP contribution is 2.28. The molecule has 25 heavy (non-hydrogen) atoms. The smallest absolute Gasteiger partial charge is 0.228 e. The van der Waals surface area contributed by atoms with Crippen LogP contribution in [-0.4, -0.2) is 73.0 Å². The van der Waals surface area contributed by atoms with Gasteiger partial charge in [-0.25, -0.2) is 0 Å². The highest BCUT2D eigenvalue weighted by atomic mass is 16.2. The van der Waals surface area contributed by atoms with Crippen LogP contribution in [0.1, 0.15) is 53.4 Å². The number of nitriles is 1. The minimum Gasteiger partial charge on any atom is -0.340 e. The molecule has 5 nitrogen and oxygen atoms in total. The molecular weight excluding hydrogens is 312 g/mol. The van der Waals surface area contributed by atoms with E-state index in [1.54, 1.807) is 6.07 Å². The summed E-state index contributed by atoms with van der Waals surface area (Å²) in [5.74, 6) is 1.60. The normalized spacial score (nSPS) is 27.8. The third kappa shape index (κ3) is 6.60. The summed E-state index contributed by atoms with van der Waals surface area (Å²) >= 11 is 0. The van der Waals surface area contributed by atoms with Crippen LogP contribution in [0.25, 0.3) is 0 Å². The average Bonchev–Trinajstić information content (AvgIpc) is 2.62. The highest BCUT2D eigenvalue weighted by molar-refractivity contribution is 5.80. The van der Waals surface area contributed by atoms with Gasteiger partial charge in [-0.2, -0.15) is 5.26 Å². The molecule has 3 aliphatic rings. The molecule has 0 atom stereocenters. The molecule has 0 unspecified atom stereocenters. The monoisotopic (exact) mass is 350 g/mol. The summed E-state index contributed by atoms with van der Waals surface area (Å²) in [7, 11) is 2.09. The number of nitrogens with zero attached hydrogens (tertiary/aromatic N) is 4. The van der Waals surface area contributed by atoms with Gasteiger partial charge >= 0.3 is 0 Å². The van der Waals surface area contributed by atoms with Gasteiger partial charge < -0.3 is 9.80 Å². The molecule has 0 N–H and O–H groups in total. The molecule has 2 aliphatic heterocycles. The first-order valence-corrected chi connectivity index (χ1v) is 10.1. The summed E-state index contributed by atoms with van der Waals surface area (Å²) < 4.78 is 0. The molecule has 2 saturated heterocycles. The second-order valence-corrected chi connectivity index (χ2v) is 7.42. The Labute approximate surface area is 155 Å². The van der Waals surface area contributed by atoms with Gasteiger partial charge in [-0.15, -0.1) is 0 Å². The van der Waals surface area contributed by atoms with Crippen LogP contribution in [-0.2, 0) is 4.79 Å². The molecule has 144 valence electrons. The fourth-order valence-electron chi connectivity index (χ4n) is 4.03. The fourth-order valence-corrected chi connectivity index (χ4v) is 4.03. The zero-order valence-corrected chi connectivity index (χ0v) is 17.0. The third-order valence-corrected chi connectivity index (χ3v) is 5.54. The lowest BCUT2D eigenvalue weighted by molar-refractivity contribution is -0.142. The minimum absolute atomic E-state index is 0.280. The SMILES string of the molecule is CC.CC#N.CC1CCC(N2CCN(C(=O)C3CN(C)C3)CC2)CC1. The maximum Gasteiger partial charge on any atom is 0.228 e. The fraction of sp³-hybridized carbons (Fsp3) is 0.900. The Morgan fingerprint density at radius 1 is 1.00 bits per heavy atom. The van der Waals surface area contributed by atoms with Crippen molar-refractivity contribution >= 4 is 5.91 Å². The van der Waals surface area contributed by atoms with Gasteiger partial charge in [0.05, 0.1) is 12.0 Å². The Morgan fingerprint density at radius 2 is 1.48 bits per heavy atom. The van der Waals surface area contributed by atoms with Gasteiger partial charge in [0.25, 0.3) is 0 Å². The van der Waals surface area contributed by atoms with Crippen molar-refractivity contribution in [2.75, 3.05) is 46.3 Å². The minimum atomic E-state index is 0.280. The maximum atomic E-state index is 12.3. The van der Waals surface area contributed by atoms with Crippen LogP contribution >= 0.6 is 0 Å². The maximum absolute atomic E-state index is 12.3. The summed E-state index contributed by atoms with van der Waals surface area (Å²) in [6.07, 6.45) is 5.50. The van der Waals surface area contributed by atoms with Crippen LogP contribution in [0.5, 0.6) is 0 Å². The van der Waals surface area contributed by atoms with E-state index in [-0.39, 0.29) is 5.92 Å². The Bertz CT molecular complexity index is 412. The van der Waals surface area contributed by atoms with Crippen LogP contribution < -0.4 is 0 Å². The lowest BCUT2D eigenvalue weighted by Gasteiger charge is -2.44. The number of carbonyl (C=O) groups is 1. The molecule has 0 bridgehead atoms. The number of hydrogen-bond donors (Lipinski definition) is 0. The van der Waals surface area contributed by atoms with E-state index in [4.69, 9.17) is 5.26 Å². The summed E-state index contributed by atoms with van der Waals surface area (Å²) in [6, 6.07) is 2.54. The van der Waals surface area contributed by atoms with E-state index in [0.717, 1.165) is 51.2 Å². The number of rotatable bonds is 2. The highest BCUT2D eigenvalue weighted by Gasteiger charge is 2.35. The summed E-state index contributed by atoms with van der Waals surface area (Å²) in [4.78, 5) is 19.3. The first kappa shape index (κ1) is 21.9. The van der Waals surface area contributed by atoms with E-state index in [0.29, 0.717) is 5.91 Å². The molecule has 0 radical (unpaired) electrons. The van der Waals surface area contributed by atoms with Crippen LogP contribution in [0.2, 0.25) is 0 Å². The van der Waals surface area contributed by atoms with Crippen molar-refractivity contribution in [2.45, 2.75) is 59.4 Å². The number of piperazine rings is 1. The van der Waals surface area contributed by atoms with Gasteiger partial charge in [0.1, 0.15) is 0 Å². The quantitative estimate of drug-likeness (QED) is 0.768. The Kier molecular flexibility index (Phi) is 10.1. The van der Waals surface area contributed by atoms with Crippen molar-refractivity contribution in [3.8, 4) is 6.07 Å². The summed E-state index contributed by atoms with van der Waals surface area (Å²) in [5, 5.41) is 7.32. The standard InChI is InChI=1S/C16H29N3O.C2H3N.C2H6/c1-13-3-5-15(6-4-13)18-7-9-19(10-8-18)16(20)14-11-17(2)12-14;1-2-3;1-2/h13-15H,3-12H2,1-2H3;1H3;1-2H3. The van der Waals surface area contributed by atoms with Crippen LogP contribution in [0, 0.1) is 23.2 Å². The molecule has 1 aliphatic carbocycles. The van der Waals surface area contributed by atoms with E-state index < -0.39 is 0 Å². The summed E-state index contributed by atoms with van der Waals surface area (Å²) in [5.41, 5.74) is 0. The van der Waals surface area contributed by atoms with E-state index in [1.807, 2.05) is 13.8 Å². The second kappa shape index (κ2) is 11.5. The molecular formula is C20H38N4O. The van der Waals surface area contributed by atoms with Gasteiger partial charge in [-0.1, -0.05) is 20.8 Å². The topological polar surface area (TPSA) is 50.6 Å². The number of amides is 1. The lowest BCUT2D eigenvalue weighted by Crippen LogP contribution is -2.58. The Hall–Kier alpha value is -1.12. The molecule has 0 spiro atoms. The molecule has 3 rings (SSSR count). The third-order valence-electron chi connectivity index (χ3n) is 5.54. The van der Waals surface area contributed by atoms with Gasteiger partial charge in [-0.05, 0) is 38.6 Å². The van der Waals surface area contributed by atoms with E-state index in [9.17, 15) is 4.79 Å². The molecule has 3 fully saturated rings. The molecule has 0 aromatic carbocycles. The van der Waals surface area contributed by atoms with Crippen molar-refractivity contribution < 1.29 is 4.79 Å². The predicted molar refractivity (Wildman–Crippen MR) is 103 cm³/mol. The first-order chi connectivity index (χ1) is 12.0. The van der Waals surface area contributed by atoms with Crippen molar-refractivity contribution in [3.63, 3.8) is 0 Å².